The Labute approximate surface area is 210 Å². The van der Waals surface area contributed by atoms with Gasteiger partial charge < -0.3 is 9.84 Å². The lowest BCUT2D eigenvalue weighted by atomic mass is 9.90. The van der Waals surface area contributed by atoms with Crippen molar-refractivity contribution in [1.82, 2.24) is 0 Å². The molecule has 0 bridgehead atoms. The van der Waals surface area contributed by atoms with Crippen LogP contribution in [0.5, 0.6) is 5.75 Å². The fraction of sp³-hybridized carbons (Fsp3) is 0.607. The number of aliphatic carboxylic acids is 1. The van der Waals surface area contributed by atoms with E-state index in [4.69, 9.17) is 4.74 Å². The second-order valence-electron chi connectivity index (χ2n) is 9.35. The van der Waals surface area contributed by atoms with Crippen LogP contribution in [0.25, 0.3) is 10.8 Å². The molecule has 0 saturated carbocycles. The molecule has 0 heterocycles. The standard InChI is InChI=1S/C28H42O6S/c1-3-5-7-9-11-13-17-22-23-18-15-16-20-25(23)28(35(31,32)33)27(34-21-26(29)30)24(22)19-14-12-10-8-6-4-2/h15-16,18,20H,3-14,17,19,21H2,1-2H3,(H,29,30)(H,31,32,33). The van der Waals surface area contributed by atoms with Gasteiger partial charge in [0, 0.05) is 5.39 Å². The lowest BCUT2D eigenvalue weighted by Crippen LogP contribution is -2.15. The summed E-state index contributed by atoms with van der Waals surface area (Å²) in [5.74, 6) is -1.19. The SMILES string of the molecule is CCCCCCCCc1c(OCC(=O)O)c(S(=O)(=O)O)c2ccccc2c1CCCCCCCC. The minimum atomic E-state index is -4.64. The summed E-state index contributed by atoms with van der Waals surface area (Å²) in [6.07, 6.45) is 14.6. The monoisotopic (exact) mass is 506 g/mol. The van der Waals surface area contributed by atoms with Crippen LogP contribution in [0.3, 0.4) is 0 Å². The van der Waals surface area contributed by atoms with E-state index in [9.17, 15) is 22.9 Å². The number of carboxylic acids is 1. The van der Waals surface area contributed by atoms with E-state index in [2.05, 4.69) is 13.8 Å². The van der Waals surface area contributed by atoms with Crippen molar-refractivity contribution in [3.63, 3.8) is 0 Å². The molecule has 0 amide bonds. The van der Waals surface area contributed by atoms with E-state index in [0.29, 0.717) is 11.8 Å². The average molecular weight is 507 g/mol. The highest BCUT2D eigenvalue weighted by atomic mass is 32.2. The number of aryl methyl sites for hydroxylation is 1. The van der Waals surface area contributed by atoms with Crippen molar-refractivity contribution in [2.75, 3.05) is 6.61 Å². The number of fused-ring (bicyclic) bond motifs is 1. The van der Waals surface area contributed by atoms with E-state index in [1.807, 2.05) is 12.1 Å². The molecule has 35 heavy (non-hydrogen) atoms. The third-order valence-electron chi connectivity index (χ3n) is 6.50. The predicted octanol–water partition coefficient (Wildman–Crippen LogP) is 7.36. The summed E-state index contributed by atoms with van der Waals surface area (Å²) in [6.45, 7) is 3.70. The molecule has 6 nitrogen and oxygen atoms in total. The van der Waals surface area contributed by atoms with E-state index < -0.39 is 22.7 Å². The molecule has 0 unspecified atom stereocenters. The van der Waals surface area contributed by atoms with Gasteiger partial charge in [-0.05, 0) is 42.2 Å². The summed E-state index contributed by atoms with van der Waals surface area (Å²) in [4.78, 5) is 11.0. The zero-order valence-corrected chi connectivity index (χ0v) is 22.2. The van der Waals surface area contributed by atoms with Crippen LogP contribution in [0.2, 0.25) is 0 Å². The second-order valence-corrected chi connectivity index (χ2v) is 10.7. The maximum Gasteiger partial charge on any atom is 0.341 e. The highest BCUT2D eigenvalue weighted by Crippen LogP contribution is 2.41. The van der Waals surface area contributed by atoms with Gasteiger partial charge in [0.05, 0.1) is 0 Å². The van der Waals surface area contributed by atoms with Crippen LogP contribution in [0.15, 0.2) is 29.2 Å². The molecule has 2 aromatic carbocycles. The highest BCUT2D eigenvalue weighted by Gasteiger charge is 2.27. The maximum absolute atomic E-state index is 12.5. The highest BCUT2D eigenvalue weighted by molar-refractivity contribution is 7.86. The Hall–Kier alpha value is -2.12. The first-order chi connectivity index (χ1) is 16.8. The number of ether oxygens (including phenoxy) is 1. The van der Waals surface area contributed by atoms with Crippen molar-refractivity contribution < 1.29 is 27.6 Å². The Morgan fingerprint density at radius 2 is 1.26 bits per heavy atom. The van der Waals surface area contributed by atoms with E-state index in [0.717, 1.165) is 74.3 Å². The molecule has 0 spiro atoms. The van der Waals surface area contributed by atoms with Crippen LogP contribution in [-0.4, -0.2) is 30.7 Å². The predicted molar refractivity (Wildman–Crippen MR) is 141 cm³/mol. The normalized spacial score (nSPS) is 11.7. The molecule has 0 aromatic heterocycles. The van der Waals surface area contributed by atoms with Gasteiger partial charge in [-0.2, -0.15) is 8.42 Å². The molecule has 2 aromatic rings. The lowest BCUT2D eigenvalue weighted by Gasteiger charge is -2.21. The number of rotatable bonds is 18. The van der Waals surface area contributed by atoms with Crippen molar-refractivity contribution in [1.29, 1.82) is 0 Å². The van der Waals surface area contributed by atoms with Crippen LogP contribution >= 0.6 is 0 Å². The number of hydrogen-bond acceptors (Lipinski definition) is 4. The first-order valence-corrected chi connectivity index (χ1v) is 14.6. The summed E-state index contributed by atoms with van der Waals surface area (Å²) in [5, 5.41) is 10.4. The molecular formula is C28H42O6S. The van der Waals surface area contributed by atoms with Crippen LogP contribution in [0.1, 0.15) is 102 Å². The Morgan fingerprint density at radius 3 is 1.77 bits per heavy atom. The molecule has 0 atom stereocenters. The Balaban J connectivity index is 2.51. The van der Waals surface area contributed by atoms with Crippen LogP contribution < -0.4 is 4.74 Å². The molecule has 0 saturated heterocycles. The van der Waals surface area contributed by atoms with E-state index >= 15 is 0 Å². The van der Waals surface area contributed by atoms with Crippen molar-refractivity contribution >= 4 is 26.9 Å². The Morgan fingerprint density at radius 1 is 0.771 bits per heavy atom. The fourth-order valence-corrected chi connectivity index (χ4v) is 5.63. The van der Waals surface area contributed by atoms with Crippen LogP contribution in [0, 0.1) is 0 Å². The topological polar surface area (TPSA) is 101 Å². The molecule has 0 aliphatic carbocycles. The number of carboxylic acid groups (broad SMARTS) is 1. The first kappa shape index (κ1) is 29.1. The molecular weight excluding hydrogens is 464 g/mol. The third-order valence-corrected chi connectivity index (χ3v) is 7.42. The van der Waals surface area contributed by atoms with Crippen molar-refractivity contribution in [3.8, 4) is 5.75 Å². The van der Waals surface area contributed by atoms with Gasteiger partial charge >= 0.3 is 5.97 Å². The Bertz CT molecular complexity index is 1050. The maximum atomic E-state index is 12.5. The van der Waals surface area contributed by atoms with E-state index in [1.165, 1.54) is 25.7 Å². The molecule has 0 aliphatic heterocycles. The van der Waals surface area contributed by atoms with Crippen molar-refractivity contribution in [3.05, 3.63) is 35.4 Å². The van der Waals surface area contributed by atoms with E-state index in [1.54, 1.807) is 12.1 Å². The number of unbranched alkanes of at least 4 members (excludes halogenated alkanes) is 10. The van der Waals surface area contributed by atoms with Gasteiger partial charge in [0.15, 0.2) is 6.61 Å². The van der Waals surface area contributed by atoms with Gasteiger partial charge in [0.1, 0.15) is 10.6 Å². The minimum Gasteiger partial charge on any atom is -0.480 e. The third kappa shape index (κ3) is 9.12. The zero-order chi connectivity index (χ0) is 25.7. The molecule has 0 aliphatic rings. The van der Waals surface area contributed by atoms with Crippen molar-refractivity contribution in [2.24, 2.45) is 0 Å². The molecule has 0 radical (unpaired) electrons. The van der Waals surface area contributed by atoms with Gasteiger partial charge in [0.25, 0.3) is 10.1 Å². The first-order valence-electron chi connectivity index (χ1n) is 13.2. The summed E-state index contributed by atoms with van der Waals surface area (Å²) >= 11 is 0. The average Bonchev–Trinajstić information content (AvgIpc) is 2.81. The van der Waals surface area contributed by atoms with Crippen LogP contribution in [-0.2, 0) is 27.8 Å². The number of carbonyl (C=O) groups is 1. The molecule has 2 N–H and O–H groups in total. The van der Waals surface area contributed by atoms with Gasteiger partial charge in [-0.1, -0.05) is 102 Å². The molecule has 0 fully saturated rings. The largest absolute Gasteiger partial charge is 0.480 e. The second kappa shape index (κ2) is 15.1. The smallest absolute Gasteiger partial charge is 0.341 e. The zero-order valence-electron chi connectivity index (χ0n) is 21.4. The lowest BCUT2D eigenvalue weighted by molar-refractivity contribution is -0.139. The van der Waals surface area contributed by atoms with E-state index in [-0.39, 0.29) is 10.6 Å². The van der Waals surface area contributed by atoms with Crippen LogP contribution in [0.4, 0.5) is 0 Å². The van der Waals surface area contributed by atoms with Gasteiger partial charge in [-0.25, -0.2) is 4.79 Å². The minimum absolute atomic E-state index is 0.00291. The number of benzene rings is 2. The van der Waals surface area contributed by atoms with Gasteiger partial charge in [-0.3, -0.25) is 4.55 Å². The summed E-state index contributed by atoms with van der Waals surface area (Å²) < 4.78 is 40.8. The Kier molecular flexibility index (Phi) is 12.6. The number of hydrogen-bond donors (Lipinski definition) is 2. The summed E-state index contributed by atoms with van der Waals surface area (Å²) in [6, 6.07) is 7.14. The fourth-order valence-electron chi connectivity index (χ4n) is 4.76. The molecule has 196 valence electrons. The van der Waals surface area contributed by atoms with Gasteiger partial charge in [-0.15, -0.1) is 0 Å². The molecule has 2 rings (SSSR count). The molecule has 7 heteroatoms. The summed E-state index contributed by atoms with van der Waals surface area (Å²) in [7, 11) is -4.64. The van der Waals surface area contributed by atoms with Crippen molar-refractivity contribution in [2.45, 2.75) is 109 Å². The summed E-state index contributed by atoms with van der Waals surface area (Å²) in [5.41, 5.74) is 1.74. The van der Waals surface area contributed by atoms with Gasteiger partial charge in [0.2, 0.25) is 0 Å². The quantitative estimate of drug-likeness (QED) is 0.162.